The molecule has 3 rings (SSSR count). The third-order valence-corrected chi connectivity index (χ3v) is 4.59. The number of carbonyl (C=O) groups excluding carboxylic acids is 1. The van der Waals surface area contributed by atoms with Crippen LogP contribution in [0.25, 0.3) is 0 Å². The van der Waals surface area contributed by atoms with Crippen LogP contribution in [0.5, 0.6) is 0 Å². The summed E-state index contributed by atoms with van der Waals surface area (Å²) in [6, 6.07) is 11.7. The van der Waals surface area contributed by atoms with Gasteiger partial charge in [-0.15, -0.1) is 0 Å². The summed E-state index contributed by atoms with van der Waals surface area (Å²) in [6.45, 7) is 3.73. The van der Waals surface area contributed by atoms with Gasteiger partial charge in [-0.25, -0.2) is 0 Å². The molecular weight excluding hydrogens is 316 g/mol. The number of benzene rings is 2. The number of hydrogen-bond donors (Lipinski definition) is 2. The maximum Gasteiger partial charge on any atom is 0.255 e. The van der Waals surface area contributed by atoms with Gasteiger partial charge in [0.05, 0.1) is 5.69 Å². The van der Waals surface area contributed by atoms with Crippen molar-refractivity contribution in [3.05, 3.63) is 63.1 Å². The van der Waals surface area contributed by atoms with Gasteiger partial charge in [0.2, 0.25) is 0 Å². The highest BCUT2D eigenvalue weighted by Crippen LogP contribution is 2.26. The number of carbonyl (C=O) groups is 1. The average Bonchev–Trinajstić information content (AvgIpc) is 2.91. The van der Waals surface area contributed by atoms with E-state index < -0.39 is 0 Å². The third-order valence-electron chi connectivity index (χ3n) is 3.54. The number of amides is 1. The summed E-state index contributed by atoms with van der Waals surface area (Å²) in [5.41, 5.74) is 5.08. The first-order valence-corrected chi connectivity index (χ1v) is 7.33. The Morgan fingerprint density at radius 1 is 1.20 bits per heavy atom. The van der Waals surface area contributed by atoms with Crippen molar-refractivity contribution in [2.45, 2.75) is 20.0 Å². The van der Waals surface area contributed by atoms with E-state index in [-0.39, 0.29) is 5.91 Å². The molecule has 0 saturated heterocycles. The van der Waals surface area contributed by atoms with Gasteiger partial charge in [-0.1, -0.05) is 18.2 Å². The van der Waals surface area contributed by atoms with Crippen molar-refractivity contribution in [1.82, 2.24) is 5.32 Å². The Kier molecular flexibility index (Phi) is 3.59. The maximum absolute atomic E-state index is 12.3. The molecule has 2 aromatic carbocycles. The summed E-state index contributed by atoms with van der Waals surface area (Å²) in [4.78, 5) is 12.3. The van der Waals surface area contributed by atoms with Gasteiger partial charge in [-0.2, -0.15) is 0 Å². The first-order valence-electron chi connectivity index (χ1n) is 6.54. The molecule has 1 heterocycles. The Balaban J connectivity index is 1.84. The van der Waals surface area contributed by atoms with Gasteiger partial charge >= 0.3 is 0 Å². The van der Waals surface area contributed by atoms with Crippen LogP contribution in [0.1, 0.15) is 27.0 Å². The smallest absolute Gasteiger partial charge is 0.255 e. The van der Waals surface area contributed by atoms with Gasteiger partial charge in [0.1, 0.15) is 0 Å². The summed E-state index contributed by atoms with van der Waals surface area (Å²) in [7, 11) is 0. The van der Waals surface area contributed by atoms with E-state index in [1.807, 2.05) is 43.3 Å². The van der Waals surface area contributed by atoms with E-state index in [0.29, 0.717) is 5.56 Å². The fourth-order valence-electron chi connectivity index (χ4n) is 2.37. The number of fused-ring (bicyclic) bond motifs is 1. The molecule has 0 radical (unpaired) electrons. The molecule has 0 aliphatic carbocycles. The second-order valence-corrected chi connectivity index (χ2v) is 5.77. The lowest BCUT2D eigenvalue weighted by molar-refractivity contribution is 0.102. The fraction of sp³-hybridized carbons (Fsp3) is 0.188. The van der Waals surface area contributed by atoms with Gasteiger partial charge in [0.25, 0.3) is 5.91 Å². The van der Waals surface area contributed by atoms with E-state index in [9.17, 15) is 4.79 Å². The molecule has 2 N–H and O–H groups in total. The third kappa shape index (κ3) is 2.49. The van der Waals surface area contributed by atoms with Gasteiger partial charge < -0.3 is 10.6 Å². The normalized spacial score (nSPS) is 13.1. The highest BCUT2D eigenvalue weighted by Gasteiger charge is 2.14. The van der Waals surface area contributed by atoms with E-state index in [1.165, 1.54) is 11.1 Å². The zero-order valence-corrected chi connectivity index (χ0v) is 12.8. The van der Waals surface area contributed by atoms with Crippen LogP contribution < -0.4 is 10.6 Å². The molecule has 4 heteroatoms. The van der Waals surface area contributed by atoms with Crippen molar-refractivity contribution in [2.75, 3.05) is 5.32 Å². The molecule has 0 aromatic heterocycles. The summed E-state index contributed by atoms with van der Waals surface area (Å²) >= 11 is 3.51. The highest BCUT2D eigenvalue weighted by molar-refractivity contribution is 9.10. The number of nitrogens with one attached hydrogen (secondary N) is 2. The summed E-state index contributed by atoms with van der Waals surface area (Å²) in [6.07, 6.45) is 0. The van der Waals surface area contributed by atoms with Crippen LogP contribution in [-0.2, 0) is 13.1 Å². The average molecular weight is 331 g/mol. The van der Waals surface area contributed by atoms with Crippen molar-refractivity contribution >= 4 is 27.5 Å². The topological polar surface area (TPSA) is 41.1 Å². The molecule has 0 spiro atoms. The van der Waals surface area contributed by atoms with Gasteiger partial charge in [0.15, 0.2) is 0 Å². The minimum Gasteiger partial charge on any atom is -0.321 e. The van der Waals surface area contributed by atoms with Crippen LogP contribution in [0.3, 0.4) is 0 Å². The SMILES string of the molecule is Cc1cccc(NC(=O)c2ccc3c(c2)CNC3)c1Br. The number of rotatable bonds is 2. The van der Waals surface area contributed by atoms with Gasteiger partial charge in [-0.3, -0.25) is 4.79 Å². The first kappa shape index (κ1) is 13.3. The first-order chi connectivity index (χ1) is 9.65. The maximum atomic E-state index is 12.3. The predicted molar refractivity (Wildman–Crippen MR) is 83.8 cm³/mol. The van der Waals surface area contributed by atoms with Crippen LogP contribution in [0.4, 0.5) is 5.69 Å². The second kappa shape index (κ2) is 5.38. The highest BCUT2D eigenvalue weighted by atomic mass is 79.9. The molecule has 1 aliphatic heterocycles. The Labute approximate surface area is 126 Å². The standard InChI is InChI=1S/C16H15BrN2O/c1-10-3-2-4-14(15(10)17)19-16(20)11-5-6-12-8-18-9-13(12)7-11/h2-7,18H,8-9H2,1H3,(H,19,20). The van der Waals surface area contributed by atoms with E-state index in [1.54, 1.807) is 0 Å². The zero-order valence-electron chi connectivity index (χ0n) is 11.2. The zero-order chi connectivity index (χ0) is 14.1. The minimum absolute atomic E-state index is 0.0778. The lowest BCUT2D eigenvalue weighted by atomic mass is 10.1. The van der Waals surface area contributed by atoms with Crippen LogP contribution in [-0.4, -0.2) is 5.91 Å². The molecule has 0 atom stereocenters. The summed E-state index contributed by atoms with van der Waals surface area (Å²) in [5.74, 6) is -0.0778. The number of aryl methyl sites for hydroxylation is 1. The van der Waals surface area contributed by atoms with E-state index >= 15 is 0 Å². The Morgan fingerprint density at radius 2 is 2.00 bits per heavy atom. The lowest BCUT2D eigenvalue weighted by Crippen LogP contribution is -2.13. The van der Waals surface area contributed by atoms with Crippen molar-refractivity contribution in [1.29, 1.82) is 0 Å². The summed E-state index contributed by atoms with van der Waals surface area (Å²) in [5, 5.41) is 6.23. The molecule has 0 bridgehead atoms. The summed E-state index contributed by atoms with van der Waals surface area (Å²) < 4.78 is 0.927. The van der Waals surface area contributed by atoms with E-state index in [2.05, 4.69) is 26.6 Å². The molecule has 0 fully saturated rings. The number of hydrogen-bond acceptors (Lipinski definition) is 2. The fourth-order valence-corrected chi connectivity index (χ4v) is 2.74. The van der Waals surface area contributed by atoms with E-state index in [4.69, 9.17) is 0 Å². The molecular formula is C16H15BrN2O. The molecule has 1 amide bonds. The van der Waals surface area contributed by atoms with Crippen LogP contribution in [0, 0.1) is 6.92 Å². The van der Waals surface area contributed by atoms with Gasteiger partial charge in [0, 0.05) is 23.1 Å². The Bertz CT molecular complexity index is 682. The molecule has 102 valence electrons. The molecule has 0 saturated carbocycles. The molecule has 20 heavy (non-hydrogen) atoms. The van der Waals surface area contributed by atoms with Crippen molar-refractivity contribution in [3.8, 4) is 0 Å². The van der Waals surface area contributed by atoms with E-state index in [0.717, 1.165) is 28.8 Å². The minimum atomic E-state index is -0.0778. The number of anilines is 1. The molecule has 0 unspecified atom stereocenters. The van der Waals surface area contributed by atoms with Crippen LogP contribution in [0.2, 0.25) is 0 Å². The predicted octanol–water partition coefficient (Wildman–Crippen LogP) is 3.61. The largest absolute Gasteiger partial charge is 0.321 e. The Morgan fingerprint density at radius 3 is 2.85 bits per heavy atom. The quantitative estimate of drug-likeness (QED) is 0.883. The number of halogens is 1. The van der Waals surface area contributed by atoms with Crippen LogP contribution >= 0.6 is 15.9 Å². The molecule has 1 aliphatic rings. The van der Waals surface area contributed by atoms with Crippen molar-refractivity contribution < 1.29 is 4.79 Å². The van der Waals surface area contributed by atoms with Crippen molar-refractivity contribution in [2.24, 2.45) is 0 Å². The lowest BCUT2D eigenvalue weighted by Gasteiger charge is -2.10. The molecule has 2 aromatic rings. The van der Waals surface area contributed by atoms with Crippen molar-refractivity contribution in [3.63, 3.8) is 0 Å². The molecule has 3 nitrogen and oxygen atoms in total. The Hall–Kier alpha value is -1.65. The van der Waals surface area contributed by atoms with Crippen LogP contribution in [0.15, 0.2) is 40.9 Å². The second-order valence-electron chi connectivity index (χ2n) is 4.98. The van der Waals surface area contributed by atoms with Gasteiger partial charge in [-0.05, 0) is 57.7 Å². The monoisotopic (exact) mass is 330 g/mol.